The van der Waals surface area contributed by atoms with E-state index in [-0.39, 0.29) is 25.2 Å². The normalized spacial score (nSPS) is 37.1. The van der Waals surface area contributed by atoms with Gasteiger partial charge in [0, 0.05) is 12.0 Å². The van der Waals surface area contributed by atoms with Gasteiger partial charge in [0.05, 0.1) is 5.41 Å². The monoisotopic (exact) mass is 584 g/mol. The largest absolute Gasteiger partial charge is 0.462 e. The summed E-state index contributed by atoms with van der Waals surface area (Å²) in [5.74, 6) is 2.87. The highest BCUT2D eigenvalue weighted by Gasteiger charge is 2.45. The molecule has 8 atom stereocenters. The van der Waals surface area contributed by atoms with Crippen molar-refractivity contribution in [1.82, 2.24) is 0 Å². The molecule has 4 aliphatic rings. The van der Waals surface area contributed by atoms with E-state index < -0.39 is 17.6 Å². The Morgan fingerprint density at radius 1 is 0.833 bits per heavy atom. The van der Waals surface area contributed by atoms with E-state index >= 15 is 0 Å². The molecule has 4 fully saturated rings. The highest BCUT2D eigenvalue weighted by Crippen LogP contribution is 2.45. The number of hydrogen-bond donors (Lipinski definition) is 0. The van der Waals surface area contributed by atoms with E-state index in [1.165, 1.54) is 17.6 Å². The molecule has 236 valence electrons. The third-order valence-electron chi connectivity index (χ3n) is 10.2. The van der Waals surface area contributed by atoms with Crippen LogP contribution in [0, 0.1) is 35.0 Å². The smallest absolute Gasteiger partial charge is 0.312 e. The van der Waals surface area contributed by atoms with E-state index in [0.717, 1.165) is 69.8 Å². The van der Waals surface area contributed by atoms with E-state index in [4.69, 9.17) is 18.9 Å². The topological polar surface area (TPSA) is 71.1 Å². The maximum Gasteiger partial charge on any atom is 0.312 e. The van der Waals surface area contributed by atoms with Gasteiger partial charge in [-0.2, -0.15) is 0 Å². The van der Waals surface area contributed by atoms with Crippen molar-refractivity contribution in [2.45, 2.75) is 130 Å². The van der Waals surface area contributed by atoms with Gasteiger partial charge in [-0.25, -0.2) is 0 Å². The molecule has 0 aromatic rings. The Bertz CT molecular complexity index is 1030. The van der Waals surface area contributed by atoms with E-state index in [1.807, 2.05) is 0 Å². The molecule has 1 aliphatic heterocycles. The van der Waals surface area contributed by atoms with Gasteiger partial charge in [-0.3, -0.25) is 9.59 Å². The number of allylic oxidation sites excluding steroid dienone is 3. The molecule has 1 heterocycles. The van der Waals surface area contributed by atoms with Gasteiger partial charge >= 0.3 is 11.9 Å². The Hall–Kier alpha value is -2.24. The molecular formula is C36H56O6. The lowest BCUT2D eigenvalue weighted by Crippen LogP contribution is -2.40. The number of hydrogen-bond acceptors (Lipinski definition) is 6. The lowest BCUT2D eigenvalue weighted by molar-refractivity contribution is -0.162. The summed E-state index contributed by atoms with van der Waals surface area (Å²) in [5.41, 5.74) is 3.07. The summed E-state index contributed by atoms with van der Waals surface area (Å²) < 4.78 is 24.5. The third kappa shape index (κ3) is 8.44. The number of carbonyl (C=O) groups excluding carboxylic acids is 2. The molecule has 0 amide bonds. The van der Waals surface area contributed by atoms with Crippen molar-refractivity contribution in [3.63, 3.8) is 0 Å². The van der Waals surface area contributed by atoms with Crippen LogP contribution in [-0.4, -0.2) is 37.4 Å². The zero-order chi connectivity index (χ0) is 30.4. The summed E-state index contributed by atoms with van der Waals surface area (Å²) in [6, 6.07) is 0. The van der Waals surface area contributed by atoms with Crippen LogP contribution >= 0.6 is 0 Å². The molecule has 3 aliphatic carbocycles. The Labute approximate surface area is 254 Å². The number of ether oxygens (including phenoxy) is 4. The second kappa shape index (κ2) is 14.5. The van der Waals surface area contributed by atoms with Crippen molar-refractivity contribution in [1.29, 1.82) is 0 Å². The number of rotatable bonds is 10. The Morgan fingerprint density at radius 2 is 1.48 bits per heavy atom. The van der Waals surface area contributed by atoms with Gasteiger partial charge in [0.15, 0.2) is 12.2 Å². The molecule has 0 radical (unpaired) electrons. The predicted octanol–water partition coefficient (Wildman–Crippen LogP) is 8.46. The van der Waals surface area contributed by atoms with Crippen molar-refractivity contribution in [3.8, 4) is 0 Å². The molecule has 0 bridgehead atoms. The van der Waals surface area contributed by atoms with Crippen LogP contribution in [0.1, 0.15) is 118 Å². The van der Waals surface area contributed by atoms with Crippen molar-refractivity contribution in [2.75, 3.05) is 13.2 Å². The summed E-state index contributed by atoms with van der Waals surface area (Å²) in [6.07, 6.45) is 10.8. The minimum atomic E-state index is -0.535. The zero-order valence-electron chi connectivity index (χ0n) is 27.0. The van der Waals surface area contributed by atoms with Crippen LogP contribution < -0.4 is 0 Å². The van der Waals surface area contributed by atoms with Crippen LogP contribution in [-0.2, 0) is 28.5 Å². The van der Waals surface area contributed by atoms with E-state index in [9.17, 15) is 9.59 Å². The minimum absolute atomic E-state index is 0.0786. The fourth-order valence-electron chi connectivity index (χ4n) is 8.21. The maximum atomic E-state index is 13.5. The standard InChI is InChI=1S/C36H56O6/c1-8-28-14-25(5)17-30(18-28)34-41-31(21-39-33(37)11-10-29-15-23(3)12-24(4)16-29)32(42-34)22-40-35(38)36(9-2)19-26(6)13-27(7)20-36/h24-25,27-29,31-32H,3,6,8-22H2,1-2,4-5,7H3/b34-30+. The summed E-state index contributed by atoms with van der Waals surface area (Å²) in [7, 11) is 0. The molecule has 1 saturated heterocycles. The van der Waals surface area contributed by atoms with Crippen molar-refractivity contribution < 1.29 is 28.5 Å². The first kappa shape index (κ1) is 32.7. The molecule has 42 heavy (non-hydrogen) atoms. The molecule has 6 nitrogen and oxygen atoms in total. The Balaban J connectivity index is 1.39. The van der Waals surface area contributed by atoms with Gasteiger partial charge in [-0.15, -0.1) is 0 Å². The Kier molecular flexibility index (Phi) is 11.3. The molecule has 6 heteroatoms. The lowest BCUT2D eigenvalue weighted by Gasteiger charge is -2.38. The third-order valence-corrected chi connectivity index (χ3v) is 10.2. The van der Waals surface area contributed by atoms with Gasteiger partial charge in [-0.1, -0.05) is 65.3 Å². The quantitative estimate of drug-likeness (QED) is 0.189. The van der Waals surface area contributed by atoms with Crippen LogP contribution in [0.2, 0.25) is 0 Å². The van der Waals surface area contributed by atoms with Crippen molar-refractivity contribution >= 4 is 11.9 Å². The summed E-state index contributed by atoms with van der Waals surface area (Å²) >= 11 is 0. The molecule has 0 aromatic carbocycles. The fourth-order valence-corrected chi connectivity index (χ4v) is 8.21. The van der Waals surface area contributed by atoms with E-state index in [0.29, 0.717) is 48.4 Å². The second-order valence-electron chi connectivity index (χ2n) is 14.5. The predicted molar refractivity (Wildman–Crippen MR) is 165 cm³/mol. The van der Waals surface area contributed by atoms with Crippen molar-refractivity contribution in [3.05, 3.63) is 35.8 Å². The van der Waals surface area contributed by atoms with E-state index in [2.05, 4.69) is 47.8 Å². The van der Waals surface area contributed by atoms with Crippen LogP contribution in [0.5, 0.6) is 0 Å². The molecule has 3 saturated carbocycles. The maximum absolute atomic E-state index is 13.5. The van der Waals surface area contributed by atoms with Gasteiger partial charge in [-0.05, 0) is 100 Å². The molecule has 4 rings (SSSR count). The van der Waals surface area contributed by atoms with Crippen molar-refractivity contribution in [2.24, 2.45) is 35.0 Å². The summed E-state index contributed by atoms with van der Waals surface area (Å²) in [5, 5.41) is 0. The number of carbonyl (C=O) groups is 2. The van der Waals surface area contributed by atoms with Crippen LogP contribution in [0.25, 0.3) is 0 Å². The van der Waals surface area contributed by atoms with Gasteiger partial charge in [0.2, 0.25) is 0 Å². The summed E-state index contributed by atoms with van der Waals surface area (Å²) in [4.78, 5) is 26.3. The molecule has 0 aromatic heterocycles. The molecule has 0 N–H and O–H groups in total. The molecule has 8 unspecified atom stereocenters. The molecular weight excluding hydrogens is 528 g/mol. The first-order valence-electron chi connectivity index (χ1n) is 16.7. The minimum Gasteiger partial charge on any atom is -0.462 e. The number of esters is 2. The van der Waals surface area contributed by atoms with Crippen LogP contribution in [0.15, 0.2) is 35.8 Å². The SMILES string of the molecule is C=C1CC(C)CC(CCC(=O)OCC2O/C(=C3/CC(C)CC(CC)C3)OC2COC(=O)C2(CC)CC(=C)CC(C)C2)C1. The lowest BCUT2D eigenvalue weighted by atomic mass is 9.67. The first-order valence-corrected chi connectivity index (χ1v) is 16.7. The zero-order valence-corrected chi connectivity index (χ0v) is 27.0. The fraction of sp³-hybridized carbons (Fsp3) is 0.778. The highest BCUT2D eigenvalue weighted by atomic mass is 16.7. The van der Waals surface area contributed by atoms with Crippen LogP contribution in [0.3, 0.4) is 0 Å². The van der Waals surface area contributed by atoms with Crippen LogP contribution in [0.4, 0.5) is 0 Å². The molecule has 0 spiro atoms. The van der Waals surface area contributed by atoms with Gasteiger partial charge in [0.1, 0.15) is 13.2 Å². The average Bonchev–Trinajstić information content (AvgIpc) is 3.35. The van der Waals surface area contributed by atoms with Gasteiger partial charge < -0.3 is 18.9 Å². The average molecular weight is 585 g/mol. The second-order valence-corrected chi connectivity index (χ2v) is 14.5. The Morgan fingerprint density at radius 3 is 2.12 bits per heavy atom. The van der Waals surface area contributed by atoms with E-state index in [1.54, 1.807) is 0 Å². The highest BCUT2D eigenvalue weighted by molar-refractivity contribution is 5.77. The summed E-state index contributed by atoms with van der Waals surface area (Å²) in [6.45, 7) is 19.6. The first-order chi connectivity index (χ1) is 20.0. The van der Waals surface area contributed by atoms with Gasteiger partial charge in [0.25, 0.3) is 5.95 Å².